The first kappa shape index (κ1) is 19.6. The number of H-pyrrole nitrogens is 1. The minimum atomic E-state index is -0.545. The number of ether oxygens (including phenoxy) is 1. The van der Waals surface area contributed by atoms with Gasteiger partial charge in [-0.25, -0.2) is 4.39 Å². The van der Waals surface area contributed by atoms with Crippen LogP contribution in [-0.2, 0) is 9.53 Å². The van der Waals surface area contributed by atoms with Crippen molar-refractivity contribution in [3.63, 3.8) is 0 Å². The van der Waals surface area contributed by atoms with E-state index in [1.165, 1.54) is 18.3 Å². The zero-order valence-corrected chi connectivity index (χ0v) is 16.5. The molecule has 1 atom stereocenters. The van der Waals surface area contributed by atoms with Crippen LogP contribution >= 0.6 is 0 Å². The number of hydrogen-bond acceptors (Lipinski definition) is 5. The van der Waals surface area contributed by atoms with Gasteiger partial charge in [0, 0.05) is 43.2 Å². The Balaban J connectivity index is 1.50. The molecule has 29 heavy (non-hydrogen) atoms. The summed E-state index contributed by atoms with van der Waals surface area (Å²) in [6.07, 6.45) is 2.94. The Bertz CT molecular complexity index is 1020. The van der Waals surface area contributed by atoms with Crippen molar-refractivity contribution in [3.05, 3.63) is 46.0 Å². The minimum Gasteiger partial charge on any atom is -0.461 e. The van der Waals surface area contributed by atoms with Gasteiger partial charge in [0.1, 0.15) is 17.5 Å². The molecule has 1 N–H and O–H groups in total. The Morgan fingerprint density at radius 2 is 2.03 bits per heavy atom. The molecule has 1 aromatic heterocycles. The first-order valence-corrected chi connectivity index (χ1v) is 9.75. The van der Waals surface area contributed by atoms with E-state index in [1.807, 2.05) is 19.0 Å². The van der Waals surface area contributed by atoms with Crippen LogP contribution in [0.25, 0.3) is 10.9 Å². The maximum Gasteiger partial charge on any atom is 0.312 e. The number of carbonyl (C=O) groups is 2. The molecule has 1 unspecified atom stereocenters. The van der Waals surface area contributed by atoms with Crippen LogP contribution in [0.15, 0.2) is 29.2 Å². The zero-order valence-electron chi connectivity index (χ0n) is 16.5. The SMILES string of the molecule is CN(C)CC1CC2(CCN(C(=O)c3c[nH]c4ccc(F)cc4c3=O)CC2)C(=O)O1. The van der Waals surface area contributed by atoms with Crippen molar-refractivity contribution >= 4 is 22.8 Å². The third-order valence-corrected chi connectivity index (χ3v) is 5.97. The summed E-state index contributed by atoms with van der Waals surface area (Å²) in [5.41, 5.74) is -0.573. The van der Waals surface area contributed by atoms with Gasteiger partial charge in [-0.3, -0.25) is 14.4 Å². The second kappa shape index (κ2) is 7.26. The van der Waals surface area contributed by atoms with Crippen molar-refractivity contribution in [3.8, 4) is 0 Å². The first-order valence-electron chi connectivity index (χ1n) is 9.75. The minimum absolute atomic E-state index is 0.0152. The van der Waals surface area contributed by atoms with Crippen LogP contribution in [0.1, 0.15) is 29.6 Å². The van der Waals surface area contributed by atoms with Crippen LogP contribution in [0.5, 0.6) is 0 Å². The topological polar surface area (TPSA) is 82.7 Å². The molecule has 2 saturated heterocycles. The van der Waals surface area contributed by atoms with Gasteiger partial charge in [0.05, 0.1) is 5.41 Å². The fourth-order valence-electron chi connectivity index (χ4n) is 4.41. The molecule has 2 aliphatic heterocycles. The summed E-state index contributed by atoms with van der Waals surface area (Å²) in [6, 6.07) is 3.87. The number of rotatable bonds is 3. The predicted octanol–water partition coefficient (Wildman–Crippen LogP) is 1.77. The van der Waals surface area contributed by atoms with Gasteiger partial charge in [0.15, 0.2) is 0 Å². The van der Waals surface area contributed by atoms with Crippen molar-refractivity contribution in [1.29, 1.82) is 0 Å². The average molecular weight is 401 g/mol. The Morgan fingerprint density at radius 1 is 1.31 bits per heavy atom. The number of fused-ring (bicyclic) bond motifs is 1. The number of likely N-dealkylation sites (N-methyl/N-ethyl adjacent to an activating group) is 1. The van der Waals surface area contributed by atoms with E-state index in [-0.39, 0.29) is 23.0 Å². The lowest BCUT2D eigenvalue weighted by molar-refractivity contribution is -0.150. The number of aromatic amines is 1. The number of benzene rings is 1. The van der Waals surface area contributed by atoms with Crippen molar-refractivity contribution < 1.29 is 18.7 Å². The number of hydrogen-bond donors (Lipinski definition) is 1. The van der Waals surface area contributed by atoms with E-state index in [2.05, 4.69) is 4.98 Å². The van der Waals surface area contributed by atoms with Gasteiger partial charge in [-0.1, -0.05) is 0 Å². The van der Waals surface area contributed by atoms with E-state index >= 15 is 0 Å². The molecule has 0 aliphatic carbocycles. The first-order chi connectivity index (χ1) is 13.8. The number of nitrogens with one attached hydrogen (secondary N) is 1. The van der Waals surface area contributed by atoms with Crippen LogP contribution in [0, 0.1) is 11.2 Å². The summed E-state index contributed by atoms with van der Waals surface area (Å²) in [7, 11) is 3.88. The summed E-state index contributed by atoms with van der Waals surface area (Å²) in [5.74, 6) is -1.11. The third-order valence-electron chi connectivity index (χ3n) is 5.97. The molecule has 3 heterocycles. The number of amides is 1. The standard InChI is InChI=1S/C21H24FN3O4/c1-24(2)12-14-10-21(20(28)29-14)5-7-25(8-6-21)19(27)16-11-23-17-4-3-13(22)9-15(17)18(16)26/h3-4,9,11,14H,5-8,10,12H2,1-2H3,(H,23,26). The lowest BCUT2D eigenvalue weighted by atomic mass is 9.76. The second-order valence-electron chi connectivity index (χ2n) is 8.29. The molecule has 1 spiro atoms. The Hall–Kier alpha value is -2.74. The van der Waals surface area contributed by atoms with Gasteiger partial charge in [-0.2, -0.15) is 0 Å². The summed E-state index contributed by atoms with van der Waals surface area (Å²) in [6.45, 7) is 1.44. The number of cyclic esters (lactones) is 1. The molecule has 1 amide bonds. The maximum atomic E-state index is 13.5. The lowest BCUT2D eigenvalue weighted by Crippen LogP contribution is -2.46. The molecule has 0 radical (unpaired) electrons. The number of likely N-dealkylation sites (tertiary alicyclic amines) is 1. The number of nitrogens with zero attached hydrogens (tertiary/aromatic N) is 2. The van der Waals surface area contributed by atoms with E-state index in [4.69, 9.17) is 4.74 Å². The van der Waals surface area contributed by atoms with E-state index in [0.717, 1.165) is 6.07 Å². The summed E-state index contributed by atoms with van der Waals surface area (Å²) < 4.78 is 19.1. The maximum absolute atomic E-state index is 13.5. The van der Waals surface area contributed by atoms with Gasteiger partial charge < -0.3 is 19.5 Å². The second-order valence-corrected chi connectivity index (χ2v) is 8.29. The fourth-order valence-corrected chi connectivity index (χ4v) is 4.41. The Labute approximate surface area is 167 Å². The molecule has 1 aromatic carbocycles. The molecular formula is C21H24FN3O4. The number of halogens is 1. The molecule has 4 rings (SSSR count). The predicted molar refractivity (Wildman–Crippen MR) is 105 cm³/mol. The molecule has 0 bridgehead atoms. The number of esters is 1. The highest BCUT2D eigenvalue weighted by Gasteiger charge is 2.50. The molecule has 154 valence electrons. The lowest BCUT2D eigenvalue weighted by Gasteiger charge is -2.36. The number of pyridine rings is 1. The van der Waals surface area contributed by atoms with Gasteiger partial charge in [-0.05, 0) is 45.1 Å². The number of carbonyl (C=O) groups excluding carboxylic acids is 2. The van der Waals surface area contributed by atoms with Crippen molar-refractivity contribution in [2.75, 3.05) is 33.7 Å². The molecule has 8 heteroatoms. The van der Waals surface area contributed by atoms with Crippen LogP contribution < -0.4 is 5.43 Å². The Kier molecular flexibility index (Phi) is 4.90. The summed E-state index contributed by atoms with van der Waals surface area (Å²) in [4.78, 5) is 44.6. The van der Waals surface area contributed by atoms with Crippen LogP contribution in [0.3, 0.4) is 0 Å². The van der Waals surface area contributed by atoms with E-state index in [0.29, 0.717) is 44.4 Å². The van der Waals surface area contributed by atoms with Gasteiger partial charge in [0.25, 0.3) is 5.91 Å². The largest absolute Gasteiger partial charge is 0.461 e. The van der Waals surface area contributed by atoms with E-state index in [1.54, 1.807) is 4.90 Å². The van der Waals surface area contributed by atoms with Gasteiger partial charge in [-0.15, -0.1) is 0 Å². The summed E-state index contributed by atoms with van der Waals surface area (Å²) in [5, 5.41) is 0.148. The van der Waals surface area contributed by atoms with Crippen molar-refractivity contribution in [1.82, 2.24) is 14.8 Å². The highest BCUT2D eigenvalue weighted by atomic mass is 19.1. The smallest absolute Gasteiger partial charge is 0.312 e. The molecular weight excluding hydrogens is 377 g/mol. The van der Waals surface area contributed by atoms with Crippen LogP contribution in [-0.4, -0.2) is 66.5 Å². The normalized spacial score (nSPS) is 21.2. The van der Waals surface area contributed by atoms with Crippen molar-refractivity contribution in [2.24, 2.45) is 5.41 Å². The summed E-state index contributed by atoms with van der Waals surface area (Å²) >= 11 is 0. The molecule has 2 aliphatic rings. The third kappa shape index (κ3) is 3.53. The van der Waals surface area contributed by atoms with Crippen molar-refractivity contribution in [2.45, 2.75) is 25.4 Å². The Morgan fingerprint density at radius 3 is 2.72 bits per heavy atom. The number of piperidine rings is 1. The molecule has 7 nitrogen and oxygen atoms in total. The highest BCUT2D eigenvalue weighted by Crippen LogP contribution is 2.43. The number of aromatic nitrogens is 1. The quantitative estimate of drug-likeness (QED) is 0.793. The molecule has 2 aromatic rings. The van der Waals surface area contributed by atoms with E-state index < -0.39 is 22.6 Å². The van der Waals surface area contributed by atoms with E-state index in [9.17, 15) is 18.8 Å². The molecule has 0 saturated carbocycles. The van der Waals surface area contributed by atoms with Gasteiger partial charge in [0.2, 0.25) is 5.43 Å². The zero-order chi connectivity index (χ0) is 20.8. The van der Waals surface area contributed by atoms with Crippen LogP contribution in [0.2, 0.25) is 0 Å². The van der Waals surface area contributed by atoms with Gasteiger partial charge >= 0.3 is 5.97 Å². The molecule has 2 fully saturated rings. The monoisotopic (exact) mass is 401 g/mol. The fraction of sp³-hybridized carbons (Fsp3) is 0.476. The van der Waals surface area contributed by atoms with Crippen LogP contribution in [0.4, 0.5) is 4.39 Å². The highest BCUT2D eigenvalue weighted by molar-refractivity contribution is 5.97. The average Bonchev–Trinajstić information content (AvgIpc) is 2.96.